The van der Waals surface area contributed by atoms with Gasteiger partial charge in [-0.15, -0.1) is 0 Å². The summed E-state index contributed by atoms with van der Waals surface area (Å²) in [4.78, 5) is 11.6. The van der Waals surface area contributed by atoms with Gasteiger partial charge in [0.05, 0.1) is 18.3 Å². The summed E-state index contributed by atoms with van der Waals surface area (Å²) in [5.41, 5.74) is 2.49. The van der Waals surface area contributed by atoms with Crippen LogP contribution in [0.15, 0.2) is 36.0 Å². The Kier molecular flexibility index (Phi) is 7.06. The monoisotopic (exact) mass is 378 g/mol. The Labute approximate surface area is 162 Å². The first kappa shape index (κ1) is 21.9. The quantitative estimate of drug-likeness (QED) is 0.489. The molecule has 2 rings (SSSR count). The molecule has 2 aliphatic rings. The number of fused-ring (bicyclic) bond motifs is 1. The van der Waals surface area contributed by atoms with Crippen molar-refractivity contribution in [2.45, 2.75) is 71.4 Å². The number of aliphatic hydroxyl groups excluding tert-OH is 3. The largest absolute Gasteiger partial charge is 0.462 e. The minimum absolute atomic E-state index is 0.0420. The van der Waals surface area contributed by atoms with Gasteiger partial charge in [0.15, 0.2) is 0 Å². The summed E-state index contributed by atoms with van der Waals surface area (Å²) in [5, 5.41) is 32.1. The third kappa shape index (κ3) is 4.71. The molecule has 152 valence electrons. The van der Waals surface area contributed by atoms with Crippen molar-refractivity contribution in [1.29, 1.82) is 0 Å². The van der Waals surface area contributed by atoms with E-state index in [1.54, 1.807) is 6.92 Å². The summed E-state index contributed by atoms with van der Waals surface area (Å²) >= 11 is 0. The number of ether oxygens (including phenoxy) is 1. The predicted octanol–water partition coefficient (Wildman–Crippen LogP) is 2.76. The molecule has 0 bridgehead atoms. The highest BCUT2D eigenvalue weighted by atomic mass is 16.5. The Bertz CT molecular complexity index is 622. The Hall–Kier alpha value is -1.43. The second kappa shape index (κ2) is 8.72. The van der Waals surface area contributed by atoms with Crippen LogP contribution in [0.3, 0.4) is 0 Å². The zero-order chi connectivity index (χ0) is 20.5. The lowest BCUT2D eigenvalue weighted by Crippen LogP contribution is -2.41. The molecular formula is C22H34O5. The maximum Gasteiger partial charge on any atom is 0.302 e. The van der Waals surface area contributed by atoms with E-state index in [1.165, 1.54) is 6.92 Å². The van der Waals surface area contributed by atoms with Crippen LogP contribution in [0.25, 0.3) is 0 Å². The molecule has 0 amide bonds. The molecule has 0 aromatic carbocycles. The molecule has 5 nitrogen and oxygen atoms in total. The number of allylic oxidation sites excluding steroid dienone is 1. The third-order valence-corrected chi connectivity index (χ3v) is 6.46. The fourth-order valence-electron chi connectivity index (χ4n) is 4.67. The lowest BCUT2D eigenvalue weighted by Gasteiger charge is -2.36. The fourth-order valence-corrected chi connectivity index (χ4v) is 4.67. The minimum Gasteiger partial charge on any atom is -0.462 e. The highest BCUT2D eigenvalue weighted by Crippen LogP contribution is 2.47. The molecule has 1 fully saturated rings. The van der Waals surface area contributed by atoms with Gasteiger partial charge in [-0.2, -0.15) is 0 Å². The van der Waals surface area contributed by atoms with E-state index in [2.05, 4.69) is 19.2 Å². The molecule has 0 aromatic heterocycles. The molecule has 8 atom stereocenters. The van der Waals surface area contributed by atoms with Crippen molar-refractivity contribution in [1.82, 2.24) is 0 Å². The summed E-state index contributed by atoms with van der Waals surface area (Å²) in [6.45, 7) is 14.8. The van der Waals surface area contributed by atoms with Crippen molar-refractivity contribution < 1.29 is 24.9 Å². The van der Waals surface area contributed by atoms with Crippen LogP contribution in [0.4, 0.5) is 0 Å². The van der Waals surface area contributed by atoms with Gasteiger partial charge in [-0.1, -0.05) is 37.3 Å². The zero-order valence-corrected chi connectivity index (χ0v) is 16.9. The topological polar surface area (TPSA) is 87.0 Å². The normalized spacial score (nSPS) is 34.1. The zero-order valence-electron chi connectivity index (χ0n) is 16.9. The van der Waals surface area contributed by atoms with E-state index in [-0.39, 0.29) is 30.1 Å². The first-order chi connectivity index (χ1) is 12.5. The van der Waals surface area contributed by atoms with Crippen LogP contribution in [0.2, 0.25) is 0 Å². The maximum absolute atomic E-state index is 11.6. The van der Waals surface area contributed by atoms with Crippen LogP contribution < -0.4 is 0 Å². The number of carbonyl (C=O) groups excluding carboxylic acids is 1. The summed E-state index contributed by atoms with van der Waals surface area (Å²) in [6.07, 6.45) is 0.742. The molecule has 0 spiro atoms. The van der Waals surface area contributed by atoms with Crippen LogP contribution in [-0.2, 0) is 9.53 Å². The smallest absolute Gasteiger partial charge is 0.302 e. The van der Waals surface area contributed by atoms with Crippen molar-refractivity contribution in [2.24, 2.45) is 23.7 Å². The van der Waals surface area contributed by atoms with Crippen molar-refractivity contribution in [3.8, 4) is 0 Å². The summed E-state index contributed by atoms with van der Waals surface area (Å²) in [6, 6.07) is 0. The number of esters is 1. The van der Waals surface area contributed by atoms with Gasteiger partial charge in [0.1, 0.15) is 6.10 Å². The van der Waals surface area contributed by atoms with Gasteiger partial charge >= 0.3 is 5.97 Å². The molecule has 3 N–H and O–H groups in total. The molecule has 2 unspecified atom stereocenters. The molecule has 0 heterocycles. The van der Waals surface area contributed by atoms with Gasteiger partial charge in [0.2, 0.25) is 0 Å². The summed E-state index contributed by atoms with van der Waals surface area (Å²) < 4.78 is 5.51. The van der Waals surface area contributed by atoms with Gasteiger partial charge in [0.25, 0.3) is 0 Å². The SMILES string of the molecule is C=C(C)[C@H](O)CC(OC(C)=O)C(C)[C@@H]1C[C@@H](O)C(=C)[C@@H]2CC=C(C)[C@H]2[C@@H]1O. The third-order valence-electron chi connectivity index (χ3n) is 6.46. The Balaban J connectivity index is 2.30. The van der Waals surface area contributed by atoms with E-state index in [1.807, 2.05) is 13.8 Å². The predicted molar refractivity (Wildman–Crippen MR) is 105 cm³/mol. The first-order valence-electron chi connectivity index (χ1n) is 9.76. The standard InChI is InChI=1S/C22H34O5/c1-11(2)18(24)10-20(27-15(6)23)14(5)17-9-19(25)13(4)16-8-7-12(3)21(16)22(17)26/h7,14,16-22,24-26H,1,4,8-10H2,2-3,5-6H3/t14?,16-,17-,18+,19+,20?,21+,22+/m0/s1. The highest BCUT2D eigenvalue weighted by Gasteiger charge is 2.46. The van der Waals surface area contributed by atoms with Crippen LogP contribution in [0, 0.1) is 23.7 Å². The molecule has 0 aromatic rings. The average Bonchev–Trinajstić information content (AvgIpc) is 2.93. The van der Waals surface area contributed by atoms with E-state index in [4.69, 9.17) is 4.74 Å². The summed E-state index contributed by atoms with van der Waals surface area (Å²) in [5.74, 6) is -0.988. The average molecular weight is 379 g/mol. The first-order valence-corrected chi connectivity index (χ1v) is 9.76. The molecule has 1 saturated carbocycles. The molecule has 5 heteroatoms. The number of aliphatic hydroxyl groups is 3. The Morgan fingerprint density at radius 2 is 2.00 bits per heavy atom. The number of hydrogen-bond donors (Lipinski definition) is 3. The lowest BCUT2D eigenvalue weighted by atomic mass is 9.75. The van der Waals surface area contributed by atoms with Gasteiger partial charge < -0.3 is 20.1 Å². The van der Waals surface area contributed by atoms with Crippen molar-refractivity contribution in [3.05, 3.63) is 36.0 Å². The molecule has 27 heavy (non-hydrogen) atoms. The fraction of sp³-hybridized carbons (Fsp3) is 0.682. The second-order valence-corrected chi connectivity index (χ2v) is 8.40. The Morgan fingerprint density at radius 3 is 2.56 bits per heavy atom. The van der Waals surface area contributed by atoms with E-state index < -0.39 is 30.4 Å². The number of carbonyl (C=O) groups is 1. The van der Waals surface area contributed by atoms with Crippen molar-refractivity contribution in [3.63, 3.8) is 0 Å². The van der Waals surface area contributed by atoms with E-state index in [9.17, 15) is 20.1 Å². The molecule has 0 saturated heterocycles. The van der Waals surface area contributed by atoms with Crippen LogP contribution in [0.1, 0.15) is 47.0 Å². The Morgan fingerprint density at radius 1 is 1.37 bits per heavy atom. The summed E-state index contributed by atoms with van der Waals surface area (Å²) in [7, 11) is 0. The lowest BCUT2D eigenvalue weighted by molar-refractivity contribution is -0.153. The van der Waals surface area contributed by atoms with E-state index in [0.29, 0.717) is 12.0 Å². The van der Waals surface area contributed by atoms with Gasteiger partial charge in [-0.25, -0.2) is 0 Å². The van der Waals surface area contributed by atoms with E-state index >= 15 is 0 Å². The van der Waals surface area contributed by atoms with Gasteiger partial charge in [-0.3, -0.25) is 4.79 Å². The van der Waals surface area contributed by atoms with Crippen LogP contribution >= 0.6 is 0 Å². The van der Waals surface area contributed by atoms with Crippen molar-refractivity contribution in [2.75, 3.05) is 0 Å². The van der Waals surface area contributed by atoms with Gasteiger partial charge in [-0.05, 0) is 50.0 Å². The van der Waals surface area contributed by atoms with Gasteiger partial charge in [0, 0.05) is 19.3 Å². The molecular weight excluding hydrogens is 344 g/mol. The highest BCUT2D eigenvalue weighted by molar-refractivity contribution is 5.66. The number of rotatable bonds is 6. The van der Waals surface area contributed by atoms with Crippen LogP contribution in [-0.4, -0.2) is 45.7 Å². The second-order valence-electron chi connectivity index (χ2n) is 8.40. The maximum atomic E-state index is 11.6. The minimum atomic E-state index is -0.791. The van der Waals surface area contributed by atoms with E-state index in [0.717, 1.165) is 17.6 Å². The van der Waals surface area contributed by atoms with Crippen LogP contribution in [0.5, 0.6) is 0 Å². The number of hydrogen-bond acceptors (Lipinski definition) is 5. The molecule has 0 aliphatic heterocycles. The molecule has 2 aliphatic carbocycles. The van der Waals surface area contributed by atoms with Crippen molar-refractivity contribution >= 4 is 5.97 Å². The molecule has 0 radical (unpaired) electrons.